The van der Waals surface area contributed by atoms with Crippen LogP contribution in [-0.4, -0.2) is 0 Å². The highest BCUT2D eigenvalue weighted by atomic mass is 16.3. The average Bonchev–Trinajstić information content (AvgIpc) is 2.69. The van der Waals surface area contributed by atoms with E-state index >= 15 is 0 Å². The molecule has 1 aromatic heterocycles. The smallest absolute Gasteiger partial charge is 0.0977 e. The van der Waals surface area contributed by atoms with E-state index in [0.717, 1.165) is 12.8 Å². The minimum absolute atomic E-state index is 0.330. The first-order valence-corrected chi connectivity index (χ1v) is 6.04. The molecule has 3 rings (SSSR count). The van der Waals surface area contributed by atoms with Gasteiger partial charge in [0.2, 0.25) is 0 Å². The van der Waals surface area contributed by atoms with E-state index in [-0.39, 0.29) is 0 Å². The molecule has 1 nitrogen and oxygen atoms in total. The molecule has 0 fully saturated rings. The van der Waals surface area contributed by atoms with Gasteiger partial charge in [0.05, 0.1) is 12.5 Å². The standard InChI is InChI=1S/C15H18O/c1-10-4-12-8-16-9-13(12)5-11-6-15(2,3)7-14(10)11/h5,7-10H,4,6H2,1-3H3. The van der Waals surface area contributed by atoms with E-state index in [2.05, 4.69) is 32.9 Å². The van der Waals surface area contributed by atoms with E-state index in [1.165, 1.54) is 16.7 Å². The number of allylic oxidation sites excluding steroid dienone is 3. The summed E-state index contributed by atoms with van der Waals surface area (Å²) in [7, 11) is 0. The summed E-state index contributed by atoms with van der Waals surface area (Å²) in [6.45, 7) is 6.96. The van der Waals surface area contributed by atoms with Crippen molar-refractivity contribution in [2.75, 3.05) is 0 Å². The Hall–Kier alpha value is -1.24. The van der Waals surface area contributed by atoms with Gasteiger partial charge >= 0.3 is 0 Å². The fourth-order valence-corrected chi connectivity index (χ4v) is 3.00. The second kappa shape index (κ2) is 3.13. The molecule has 1 unspecified atom stereocenters. The van der Waals surface area contributed by atoms with E-state index in [1.54, 1.807) is 5.57 Å². The molecule has 84 valence electrons. The summed E-state index contributed by atoms with van der Waals surface area (Å²) in [5, 5.41) is 0. The molecular weight excluding hydrogens is 196 g/mol. The predicted octanol–water partition coefficient (Wildman–Crippen LogP) is 4.21. The van der Waals surface area contributed by atoms with Gasteiger partial charge in [-0.1, -0.05) is 26.8 Å². The third kappa shape index (κ3) is 1.46. The minimum atomic E-state index is 0.330. The summed E-state index contributed by atoms with van der Waals surface area (Å²) in [5.74, 6) is 0.617. The van der Waals surface area contributed by atoms with Crippen LogP contribution in [-0.2, 0) is 6.42 Å². The summed E-state index contributed by atoms with van der Waals surface area (Å²) in [6.07, 6.45) is 10.8. The van der Waals surface area contributed by atoms with Crippen LogP contribution in [0.1, 0.15) is 38.3 Å². The highest BCUT2D eigenvalue weighted by molar-refractivity contribution is 5.64. The van der Waals surface area contributed by atoms with Crippen molar-refractivity contribution in [3.63, 3.8) is 0 Å². The van der Waals surface area contributed by atoms with Crippen LogP contribution in [0.3, 0.4) is 0 Å². The molecule has 1 atom stereocenters. The molecule has 16 heavy (non-hydrogen) atoms. The molecular formula is C15H18O. The van der Waals surface area contributed by atoms with Crippen LogP contribution in [0, 0.1) is 11.3 Å². The first kappa shape index (κ1) is 9.95. The molecule has 1 heterocycles. The summed E-state index contributed by atoms with van der Waals surface area (Å²) < 4.78 is 5.31. The van der Waals surface area contributed by atoms with Crippen molar-refractivity contribution in [3.8, 4) is 0 Å². The molecule has 0 aliphatic heterocycles. The Morgan fingerprint density at radius 2 is 2.12 bits per heavy atom. The Labute approximate surface area is 96.8 Å². The van der Waals surface area contributed by atoms with Gasteiger partial charge in [-0.05, 0) is 47.0 Å². The van der Waals surface area contributed by atoms with Crippen molar-refractivity contribution >= 4 is 6.08 Å². The second-order valence-electron chi connectivity index (χ2n) is 5.89. The number of fused-ring (bicyclic) bond motifs is 2. The van der Waals surface area contributed by atoms with Gasteiger partial charge in [0, 0.05) is 5.56 Å². The molecule has 0 radical (unpaired) electrons. The molecule has 1 aromatic rings. The second-order valence-corrected chi connectivity index (χ2v) is 5.89. The van der Waals surface area contributed by atoms with Gasteiger partial charge in [0.25, 0.3) is 0 Å². The van der Waals surface area contributed by atoms with Gasteiger partial charge in [0.15, 0.2) is 0 Å². The lowest BCUT2D eigenvalue weighted by atomic mass is 9.92. The van der Waals surface area contributed by atoms with Crippen molar-refractivity contribution in [1.29, 1.82) is 0 Å². The molecule has 0 N–H and O–H groups in total. The van der Waals surface area contributed by atoms with Crippen molar-refractivity contribution in [2.24, 2.45) is 11.3 Å². The molecule has 0 saturated heterocycles. The van der Waals surface area contributed by atoms with Crippen LogP contribution in [0.2, 0.25) is 0 Å². The summed E-state index contributed by atoms with van der Waals surface area (Å²) in [6, 6.07) is 0. The van der Waals surface area contributed by atoms with E-state index in [9.17, 15) is 0 Å². The zero-order valence-corrected chi connectivity index (χ0v) is 10.2. The van der Waals surface area contributed by atoms with Crippen molar-refractivity contribution in [1.82, 2.24) is 0 Å². The fraction of sp³-hybridized carbons (Fsp3) is 0.467. The molecule has 0 aromatic carbocycles. The lowest BCUT2D eigenvalue weighted by Gasteiger charge is -2.12. The first-order chi connectivity index (χ1) is 7.55. The molecule has 2 aliphatic carbocycles. The van der Waals surface area contributed by atoms with Gasteiger partial charge in [-0.15, -0.1) is 0 Å². The number of hydrogen-bond acceptors (Lipinski definition) is 1. The topological polar surface area (TPSA) is 13.1 Å². The maximum Gasteiger partial charge on any atom is 0.0977 e. The van der Waals surface area contributed by atoms with Gasteiger partial charge in [-0.25, -0.2) is 0 Å². The molecule has 0 spiro atoms. The number of furan rings is 1. The van der Waals surface area contributed by atoms with E-state index in [0.29, 0.717) is 11.3 Å². The zero-order chi connectivity index (χ0) is 11.3. The van der Waals surface area contributed by atoms with Crippen molar-refractivity contribution in [2.45, 2.75) is 33.6 Å². The van der Waals surface area contributed by atoms with Crippen LogP contribution in [0.5, 0.6) is 0 Å². The van der Waals surface area contributed by atoms with Crippen molar-refractivity contribution < 1.29 is 4.42 Å². The molecule has 0 saturated carbocycles. The Morgan fingerprint density at radius 1 is 1.31 bits per heavy atom. The molecule has 1 heteroatoms. The number of rotatable bonds is 0. The summed E-state index contributed by atoms with van der Waals surface area (Å²) in [4.78, 5) is 0. The first-order valence-electron chi connectivity index (χ1n) is 6.04. The van der Waals surface area contributed by atoms with Gasteiger partial charge in [-0.3, -0.25) is 0 Å². The number of hydrogen-bond donors (Lipinski definition) is 0. The lowest BCUT2D eigenvalue weighted by molar-refractivity contribution is 0.500. The Bertz CT molecular complexity index is 485. The van der Waals surface area contributed by atoms with Gasteiger partial charge in [-0.2, -0.15) is 0 Å². The summed E-state index contributed by atoms with van der Waals surface area (Å²) >= 11 is 0. The monoisotopic (exact) mass is 214 g/mol. The fourth-order valence-electron chi connectivity index (χ4n) is 3.00. The van der Waals surface area contributed by atoms with Crippen LogP contribution < -0.4 is 0 Å². The Morgan fingerprint density at radius 3 is 2.94 bits per heavy atom. The SMILES string of the molecule is CC1Cc2cocc2C=C2CC(C)(C)C=C21. The summed E-state index contributed by atoms with van der Waals surface area (Å²) in [5.41, 5.74) is 6.03. The third-order valence-corrected chi connectivity index (χ3v) is 3.73. The van der Waals surface area contributed by atoms with Crippen LogP contribution in [0.4, 0.5) is 0 Å². The molecule has 0 bridgehead atoms. The van der Waals surface area contributed by atoms with Crippen molar-refractivity contribution in [3.05, 3.63) is 40.9 Å². The van der Waals surface area contributed by atoms with Crippen LogP contribution >= 0.6 is 0 Å². The Balaban J connectivity index is 2.12. The zero-order valence-electron chi connectivity index (χ0n) is 10.2. The third-order valence-electron chi connectivity index (χ3n) is 3.73. The lowest BCUT2D eigenvalue weighted by Crippen LogP contribution is -2.02. The largest absolute Gasteiger partial charge is 0.472 e. The molecule has 2 aliphatic rings. The molecule has 0 amide bonds. The maximum absolute atomic E-state index is 5.31. The highest BCUT2D eigenvalue weighted by Crippen LogP contribution is 2.45. The average molecular weight is 214 g/mol. The van der Waals surface area contributed by atoms with E-state index in [4.69, 9.17) is 4.42 Å². The van der Waals surface area contributed by atoms with Crippen LogP contribution in [0.15, 0.2) is 34.2 Å². The van der Waals surface area contributed by atoms with E-state index < -0.39 is 0 Å². The van der Waals surface area contributed by atoms with E-state index in [1.807, 2.05) is 12.5 Å². The Kier molecular flexibility index (Phi) is 1.95. The predicted molar refractivity (Wildman–Crippen MR) is 66.0 cm³/mol. The quantitative estimate of drug-likeness (QED) is 0.630. The highest BCUT2D eigenvalue weighted by Gasteiger charge is 2.31. The minimum Gasteiger partial charge on any atom is -0.472 e. The van der Waals surface area contributed by atoms with Gasteiger partial charge < -0.3 is 4.42 Å². The normalized spacial score (nSPS) is 26.6. The van der Waals surface area contributed by atoms with Gasteiger partial charge in [0.1, 0.15) is 0 Å². The van der Waals surface area contributed by atoms with Crippen LogP contribution in [0.25, 0.3) is 6.08 Å². The maximum atomic E-state index is 5.31.